The molecule has 0 saturated carbocycles. The first kappa shape index (κ1) is 19.5. The number of aromatic nitrogens is 4. The number of hydrogen-bond acceptors (Lipinski definition) is 6. The van der Waals surface area contributed by atoms with E-state index in [0.29, 0.717) is 28.9 Å². The first-order valence-electron chi connectivity index (χ1n) is 9.97. The summed E-state index contributed by atoms with van der Waals surface area (Å²) in [5.74, 6) is 0.184. The Morgan fingerprint density at radius 3 is 2.78 bits per heavy atom. The summed E-state index contributed by atoms with van der Waals surface area (Å²) in [5.41, 5.74) is 2.76. The Morgan fingerprint density at radius 1 is 1.09 bits per heavy atom. The van der Waals surface area contributed by atoms with Gasteiger partial charge in [-0.15, -0.1) is 0 Å². The van der Waals surface area contributed by atoms with Gasteiger partial charge in [-0.25, -0.2) is 0 Å². The van der Waals surface area contributed by atoms with Crippen LogP contribution in [0.4, 0.5) is 0 Å². The Bertz CT molecular complexity index is 1430. The summed E-state index contributed by atoms with van der Waals surface area (Å²) in [4.78, 5) is 30.0. The third kappa shape index (κ3) is 3.81. The van der Waals surface area contributed by atoms with Crippen LogP contribution in [0.2, 0.25) is 0 Å². The third-order valence-electron chi connectivity index (χ3n) is 5.10. The van der Waals surface area contributed by atoms with Gasteiger partial charge in [0.1, 0.15) is 11.4 Å². The molecule has 5 rings (SSSR count). The van der Waals surface area contributed by atoms with Gasteiger partial charge in [0.15, 0.2) is 0 Å². The van der Waals surface area contributed by atoms with Gasteiger partial charge in [-0.05, 0) is 29.8 Å². The van der Waals surface area contributed by atoms with Crippen LogP contribution >= 0.6 is 0 Å². The van der Waals surface area contributed by atoms with Crippen molar-refractivity contribution in [2.24, 2.45) is 0 Å². The van der Waals surface area contributed by atoms with E-state index in [9.17, 15) is 9.90 Å². The Morgan fingerprint density at radius 2 is 1.94 bits per heavy atom. The Balaban J connectivity index is 1.37. The van der Waals surface area contributed by atoms with Gasteiger partial charge in [0.25, 0.3) is 5.91 Å². The minimum absolute atomic E-state index is 0.00722. The lowest BCUT2D eigenvalue weighted by molar-refractivity contribution is 0.0780. The van der Waals surface area contributed by atoms with Crippen molar-refractivity contribution < 1.29 is 14.6 Å². The Hall–Kier alpha value is -4.46. The van der Waals surface area contributed by atoms with Crippen molar-refractivity contribution in [1.29, 1.82) is 0 Å². The zero-order valence-corrected chi connectivity index (χ0v) is 17.2. The molecular weight excluding hydrogens is 406 g/mol. The first-order valence-corrected chi connectivity index (χ1v) is 9.97. The van der Waals surface area contributed by atoms with Crippen molar-refractivity contribution in [3.63, 3.8) is 0 Å². The van der Waals surface area contributed by atoms with E-state index < -0.39 is 0 Å². The van der Waals surface area contributed by atoms with E-state index in [1.807, 2.05) is 42.5 Å². The molecule has 0 aliphatic carbocycles. The topological polar surface area (TPSA) is 104 Å². The van der Waals surface area contributed by atoms with E-state index in [1.54, 1.807) is 36.3 Å². The Kier molecular flexibility index (Phi) is 4.87. The summed E-state index contributed by atoms with van der Waals surface area (Å²) >= 11 is 0. The van der Waals surface area contributed by atoms with Crippen LogP contribution in [0.25, 0.3) is 21.8 Å². The van der Waals surface area contributed by atoms with Crippen LogP contribution in [-0.2, 0) is 6.54 Å². The maximum absolute atomic E-state index is 12.9. The molecule has 0 aliphatic heterocycles. The second kappa shape index (κ2) is 7.99. The number of nitrogens with zero attached hydrogens (tertiary/aromatic N) is 4. The first-order chi connectivity index (χ1) is 15.6. The molecule has 0 fully saturated rings. The smallest absolute Gasteiger partial charge is 0.325 e. The fourth-order valence-corrected chi connectivity index (χ4v) is 3.51. The molecule has 0 radical (unpaired) electrons. The van der Waals surface area contributed by atoms with Crippen LogP contribution in [0.5, 0.6) is 17.6 Å². The lowest BCUT2D eigenvalue weighted by Gasteiger charge is -2.16. The van der Waals surface area contributed by atoms with Crippen molar-refractivity contribution >= 4 is 27.7 Å². The number of hydrogen-bond donors (Lipinski definition) is 2. The number of aromatic amines is 1. The van der Waals surface area contributed by atoms with E-state index in [-0.39, 0.29) is 17.8 Å². The number of ether oxygens (including phenoxy) is 1. The van der Waals surface area contributed by atoms with Gasteiger partial charge in [0.2, 0.25) is 5.88 Å². The number of nitrogens with one attached hydrogen (secondary N) is 1. The molecule has 5 aromatic rings. The van der Waals surface area contributed by atoms with Crippen molar-refractivity contribution in [1.82, 2.24) is 24.8 Å². The van der Waals surface area contributed by atoms with Gasteiger partial charge < -0.3 is 19.7 Å². The van der Waals surface area contributed by atoms with Crippen LogP contribution < -0.4 is 4.74 Å². The zero-order chi connectivity index (χ0) is 22.1. The minimum Gasteiger partial charge on any atom is -0.493 e. The lowest BCUT2D eigenvalue weighted by atomic mass is 10.2. The minimum atomic E-state index is -0.178. The number of pyridine rings is 1. The second-order valence-corrected chi connectivity index (χ2v) is 7.40. The molecule has 2 aromatic carbocycles. The molecule has 8 nitrogen and oxygen atoms in total. The molecule has 0 saturated heterocycles. The largest absolute Gasteiger partial charge is 0.493 e. The average Bonchev–Trinajstić information content (AvgIpc) is 3.22. The maximum atomic E-state index is 12.9. The summed E-state index contributed by atoms with van der Waals surface area (Å²) < 4.78 is 5.75. The van der Waals surface area contributed by atoms with Gasteiger partial charge in [-0.3, -0.25) is 9.78 Å². The van der Waals surface area contributed by atoms with Crippen LogP contribution in [0.1, 0.15) is 16.1 Å². The number of carbonyl (C=O) groups excluding carboxylic acids is 1. The summed E-state index contributed by atoms with van der Waals surface area (Å²) in [6, 6.07) is 18.6. The molecule has 0 bridgehead atoms. The summed E-state index contributed by atoms with van der Waals surface area (Å²) in [6.07, 6.45) is 3.09. The predicted molar refractivity (Wildman–Crippen MR) is 120 cm³/mol. The standard InChI is InChI=1S/C24H19N5O3/c1-29(14-15-5-3-2-4-6-15)23(31)20-11-16-7-8-17(12-19(16)26-20)32-24-27-21-13-25-10-9-18(21)22(30)28-24/h2-13,26H,14H2,1H3,(H,27,28,30). The molecule has 0 atom stereocenters. The van der Waals surface area contributed by atoms with E-state index in [4.69, 9.17) is 4.74 Å². The molecule has 2 N–H and O–H groups in total. The quantitative estimate of drug-likeness (QED) is 0.436. The zero-order valence-electron chi connectivity index (χ0n) is 17.2. The molecule has 0 spiro atoms. The number of rotatable bonds is 5. The molecule has 0 aliphatic rings. The highest BCUT2D eigenvalue weighted by molar-refractivity contribution is 5.98. The van der Waals surface area contributed by atoms with Crippen LogP contribution in [-0.4, -0.2) is 42.9 Å². The van der Waals surface area contributed by atoms with Crippen LogP contribution in [0.15, 0.2) is 73.1 Å². The molecule has 158 valence electrons. The average molecular weight is 425 g/mol. The number of aromatic hydroxyl groups is 1. The molecule has 3 aromatic heterocycles. The van der Waals surface area contributed by atoms with Gasteiger partial charge in [-0.2, -0.15) is 9.97 Å². The lowest BCUT2D eigenvalue weighted by Crippen LogP contribution is -2.26. The normalized spacial score (nSPS) is 11.0. The fraction of sp³-hybridized carbons (Fsp3) is 0.0833. The van der Waals surface area contributed by atoms with E-state index in [2.05, 4.69) is 19.9 Å². The van der Waals surface area contributed by atoms with Gasteiger partial charge in [0.05, 0.1) is 17.1 Å². The maximum Gasteiger partial charge on any atom is 0.325 e. The van der Waals surface area contributed by atoms with Crippen molar-refractivity contribution in [3.8, 4) is 17.6 Å². The van der Waals surface area contributed by atoms with Crippen molar-refractivity contribution in [2.75, 3.05) is 7.05 Å². The van der Waals surface area contributed by atoms with Crippen molar-refractivity contribution in [3.05, 3.63) is 84.3 Å². The highest BCUT2D eigenvalue weighted by Crippen LogP contribution is 2.28. The van der Waals surface area contributed by atoms with Gasteiger partial charge in [0, 0.05) is 36.8 Å². The number of benzene rings is 2. The van der Waals surface area contributed by atoms with Crippen LogP contribution in [0, 0.1) is 0 Å². The molecule has 32 heavy (non-hydrogen) atoms. The fourth-order valence-electron chi connectivity index (χ4n) is 3.51. The number of H-pyrrole nitrogens is 1. The van der Waals surface area contributed by atoms with Gasteiger partial charge in [-0.1, -0.05) is 30.3 Å². The third-order valence-corrected chi connectivity index (χ3v) is 5.10. The second-order valence-electron chi connectivity index (χ2n) is 7.40. The highest BCUT2D eigenvalue weighted by Gasteiger charge is 2.16. The number of carbonyl (C=O) groups is 1. The van der Waals surface area contributed by atoms with E-state index in [0.717, 1.165) is 16.5 Å². The summed E-state index contributed by atoms with van der Waals surface area (Å²) in [7, 11) is 1.77. The molecule has 1 amide bonds. The van der Waals surface area contributed by atoms with E-state index >= 15 is 0 Å². The SMILES string of the molecule is CN(Cc1ccccc1)C(=O)c1cc2ccc(Oc3nc(O)c4ccncc4n3)cc2[nH]1. The van der Waals surface area contributed by atoms with Crippen LogP contribution in [0.3, 0.4) is 0 Å². The van der Waals surface area contributed by atoms with Crippen molar-refractivity contribution in [2.45, 2.75) is 6.54 Å². The van der Waals surface area contributed by atoms with Gasteiger partial charge >= 0.3 is 6.01 Å². The number of fused-ring (bicyclic) bond motifs is 2. The highest BCUT2D eigenvalue weighted by atomic mass is 16.5. The summed E-state index contributed by atoms with van der Waals surface area (Å²) in [5, 5.41) is 11.5. The molecular formula is C24H19N5O3. The monoisotopic (exact) mass is 425 g/mol. The van der Waals surface area contributed by atoms with E-state index in [1.165, 1.54) is 6.20 Å². The molecule has 3 heterocycles. The Labute approximate surface area is 183 Å². The summed E-state index contributed by atoms with van der Waals surface area (Å²) in [6.45, 7) is 0.515. The molecule has 0 unspecified atom stereocenters. The predicted octanol–water partition coefficient (Wildman–Crippen LogP) is 4.28. The number of amides is 1. The molecule has 8 heteroatoms.